The first kappa shape index (κ1) is 17.2. The molecule has 0 saturated carbocycles. The van der Waals surface area contributed by atoms with Gasteiger partial charge in [-0.25, -0.2) is 4.79 Å². The standard InChI is InChI=1S/C17H24O4/c1-2-3-5-11-15(12-8-13-16(18)19)21-17(20)14-9-6-4-7-10-14/h4,6-7,9-10,15H,2-3,5,8,11-13H2,1H3,(H,18,19)/t15-/m0/s1. The number of unbranched alkanes of at least 4 members (excludes halogenated alkanes) is 2. The molecule has 0 unspecified atom stereocenters. The highest BCUT2D eigenvalue weighted by Gasteiger charge is 2.16. The molecule has 0 aliphatic carbocycles. The average Bonchev–Trinajstić information content (AvgIpc) is 2.47. The molecule has 0 aromatic heterocycles. The second kappa shape index (κ2) is 9.97. The first-order valence-electron chi connectivity index (χ1n) is 7.61. The van der Waals surface area contributed by atoms with Gasteiger partial charge >= 0.3 is 11.9 Å². The number of hydrogen-bond acceptors (Lipinski definition) is 3. The minimum Gasteiger partial charge on any atom is -0.481 e. The number of esters is 1. The molecule has 21 heavy (non-hydrogen) atoms. The van der Waals surface area contributed by atoms with Crippen LogP contribution in [0.3, 0.4) is 0 Å². The summed E-state index contributed by atoms with van der Waals surface area (Å²) in [6.45, 7) is 2.12. The summed E-state index contributed by atoms with van der Waals surface area (Å²) in [4.78, 5) is 22.6. The van der Waals surface area contributed by atoms with Gasteiger partial charge in [-0.05, 0) is 37.8 Å². The van der Waals surface area contributed by atoms with Crippen LogP contribution < -0.4 is 0 Å². The van der Waals surface area contributed by atoms with E-state index in [4.69, 9.17) is 9.84 Å². The predicted octanol–water partition coefficient (Wildman–Crippen LogP) is 4.05. The van der Waals surface area contributed by atoms with E-state index in [9.17, 15) is 9.59 Å². The van der Waals surface area contributed by atoms with Crippen molar-refractivity contribution in [3.05, 3.63) is 35.9 Å². The molecule has 0 aliphatic heterocycles. The van der Waals surface area contributed by atoms with Crippen LogP contribution in [0.25, 0.3) is 0 Å². The third kappa shape index (κ3) is 7.49. The summed E-state index contributed by atoms with van der Waals surface area (Å²) in [7, 11) is 0. The Morgan fingerprint density at radius 1 is 1.10 bits per heavy atom. The molecule has 1 rings (SSSR count). The van der Waals surface area contributed by atoms with Crippen molar-refractivity contribution in [3.8, 4) is 0 Å². The summed E-state index contributed by atoms with van der Waals surface area (Å²) in [5.41, 5.74) is 0.538. The molecule has 0 fully saturated rings. The SMILES string of the molecule is CCCCC[C@@H](CCCC(=O)O)OC(=O)c1ccccc1. The van der Waals surface area contributed by atoms with Crippen molar-refractivity contribution in [3.63, 3.8) is 0 Å². The second-order valence-electron chi connectivity index (χ2n) is 5.18. The summed E-state index contributed by atoms with van der Waals surface area (Å²) in [6, 6.07) is 8.90. The molecule has 0 amide bonds. The summed E-state index contributed by atoms with van der Waals surface area (Å²) in [6.07, 6.45) is 5.06. The fraction of sp³-hybridized carbons (Fsp3) is 0.529. The number of carboxylic acid groups (broad SMARTS) is 1. The summed E-state index contributed by atoms with van der Waals surface area (Å²) >= 11 is 0. The molecule has 0 spiro atoms. The third-order valence-corrected chi connectivity index (χ3v) is 3.33. The third-order valence-electron chi connectivity index (χ3n) is 3.33. The van der Waals surface area contributed by atoms with E-state index < -0.39 is 5.97 Å². The molecule has 0 radical (unpaired) electrons. The van der Waals surface area contributed by atoms with E-state index in [-0.39, 0.29) is 18.5 Å². The lowest BCUT2D eigenvalue weighted by Crippen LogP contribution is -2.19. The lowest BCUT2D eigenvalue weighted by Gasteiger charge is -2.17. The van der Waals surface area contributed by atoms with E-state index in [1.165, 1.54) is 0 Å². The summed E-state index contributed by atoms with van der Waals surface area (Å²) < 4.78 is 5.53. The highest BCUT2D eigenvalue weighted by molar-refractivity contribution is 5.89. The maximum Gasteiger partial charge on any atom is 0.338 e. The van der Waals surface area contributed by atoms with Crippen LogP contribution in [0.15, 0.2) is 30.3 Å². The minimum atomic E-state index is -0.809. The van der Waals surface area contributed by atoms with Crippen molar-refractivity contribution >= 4 is 11.9 Å². The molecule has 1 atom stereocenters. The van der Waals surface area contributed by atoms with Gasteiger partial charge in [-0.2, -0.15) is 0 Å². The smallest absolute Gasteiger partial charge is 0.338 e. The molecule has 1 aromatic rings. The number of rotatable bonds is 10. The number of hydrogen-bond donors (Lipinski definition) is 1. The van der Waals surface area contributed by atoms with Crippen LogP contribution >= 0.6 is 0 Å². The molecule has 1 N–H and O–H groups in total. The van der Waals surface area contributed by atoms with E-state index in [1.807, 2.05) is 6.07 Å². The fourth-order valence-corrected chi connectivity index (χ4v) is 2.16. The number of carbonyl (C=O) groups excluding carboxylic acids is 1. The summed E-state index contributed by atoms with van der Waals surface area (Å²) in [5, 5.41) is 8.69. The zero-order valence-electron chi connectivity index (χ0n) is 12.6. The van der Waals surface area contributed by atoms with Crippen molar-refractivity contribution in [2.75, 3.05) is 0 Å². The highest BCUT2D eigenvalue weighted by atomic mass is 16.5. The van der Waals surface area contributed by atoms with Gasteiger partial charge in [-0.15, -0.1) is 0 Å². The molecule has 0 heterocycles. The van der Waals surface area contributed by atoms with Crippen LogP contribution in [-0.2, 0) is 9.53 Å². The lowest BCUT2D eigenvalue weighted by molar-refractivity contribution is -0.137. The number of carbonyl (C=O) groups is 2. The first-order chi connectivity index (χ1) is 10.1. The number of benzene rings is 1. The van der Waals surface area contributed by atoms with Crippen LogP contribution in [0.1, 0.15) is 62.2 Å². The molecule has 0 saturated heterocycles. The monoisotopic (exact) mass is 292 g/mol. The molecule has 4 nitrogen and oxygen atoms in total. The molecule has 0 aliphatic rings. The average molecular weight is 292 g/mol. The Morgan fingerprint density at radius 3 is 2.38 bits per heavy atom. The Morgan fingerprint density at radius 2 is 1.76 bits per heavy atom. The van der Waals surface area contributed by atoms with Crippen LogP contribution in [-0.4, -0.2) is 23.1 Å². The maximum absolute atomic E-state index is 12.0. The molecule has 4 heteroatoms. The normalized spacial score (nSPS) is 11.9. The zero-order valence-corrected chi connectivity index (χ0v) is 12.6. The Labute approximate surface area is 126 Å². The van der Waals surface area contributed by atoms with Gasteiger partial charge in [0.1, 0.15) is 6.10 Å². The van der Waals surface area contributed by atoms with Crippen molar-refractivity contribution in [2.45, 2.75) is 58.0 Å². The fourth-order valence-electron chi connectivity index (χ4n) is 2.16. The molecule has 116 valence electrons. The quantitative estimate of drug-likeness (QED) is 0.522. The largest absolute Gasteiger partial charge is 0.481 e. The van der Waals surface area contributed by atoms with Crippen molar-refractivity contribution in [1.29, 1.82) is 0 Å². The predicted molar refractivity (Wildman–Crippen MR) is 81.3 cm³/mol. The Balaban J connectivity index is 2.50. The van der Waals surface area contributed by atoms with E-state index in [0.29, 0.717) is 18.4 Å². The second-order valence-corrected chi connectivity index (χ2v) is 5.18. The van der Waals surface area contributed by atoms with Crippen LogP contribution in [0.5, 0.6) is 0 Å². The number of aliphatic carboxylic acids is 1. The van der Waals surface area contributed by atoms with Crippen molar-refractivity contribution in [1.82, 2.24) is 0 Å². The molecule has 1 aromatic carbocycles. The Kier molecular flexibility index (Phi) is 8.17. The summed E-state index contributed by atoms with van der Waals surface area (Å²) in [5.74, 6) is -1.14. The van der Waals surface area contributed by atoms with Gasteiger partial charge in [-0.3, -0.25) is 4.79 Å². The molecular weight excluding hydrogens is 268 g/mol. The first-order valence-corrected chi connectivity index (χ1v) is 7.61. The maximum atomic E-state index is 12.0. The van der Waals surface area contributed by atoms with Gasteiger partial charge in [-0.1, -0.05) is 38.0 Å². The van der Waals surface area contributed by atoms with Crippen LogP contribution in [0.2, 0.25) is 0 Å². The van der Waals surface area contributed by atoms with Gasteiger partial charge in [0.15, 0.2) is 0 Å². The Bertz CT molecular complexity index is 428. The van der Waals surface area contributed by atoms with Gasteiger partial charge in [0.25, 0.3) is 0 Å². The Hall–Kier alpha value is -1.84. The van der Waals surface area contributed by atoms with Gasteiger partial charge < -0.3 is 9.84 Å². The minimum absolute atomic E-state index is 0.118. The topological polar surface area (TPSA) is 63.6 Å². The van der Waals surface area contributed by atoms with Gasteiger partial charge in [0.05, 0.1) is 5.56 Å². The zero-order chi connectivity index (χ0) is 15.5. The van der Waals surface area contributed by atoms with E-state index in [1.54, 1.807) is 24.3 Å². The van der Waals surface area contributed by atoms with E-state index >= 15 is 0 Å². The van der Waals surface area contributed by atoms with Crippen LogP contribution in [0.4, 0.5) is 0 Å². The van der Waals surface area contributed by atoms with Crippen molar-refractivity contribution in [2.24, 2.45) is 0 Å². The number of carboxylic acids is 1. The molecular formula is C17H24O4. The lowest BCUT2D eigenvalue weighted by atomic mass is 10.0. The van der Waals surface area contributed by atoms with Crippen molar-refractivity contribution < 1.29 is 19.4 Å². The number of ether oxygens (including phenoxy) is 1. The molecule has 0 bridgehead atoms. The van der Waals surface area contributed by atoms with Gasteiger partial charge in [0, 0.05) is 6.42 Å². The van der Waals surface area contributed by atoms with Gasteiger partial charge in [0.2, 0.25) is 0 Å². The van der Waals surface area contributed by atoms with E-state index in [2.05, 4.69) is 6.92 Å². The highest BCUT2D eigenvalue weighted by Crippen LogP contribution is 2.16. The van der Waals surface area contributed by atoms with Crippen LogP contribution in [0, 0.1) is 0 Å². The van der Waals surface area contributed by atoms with E-state index in [0.717, 1.165) is 25.7 Å².